The number of carbonyl (C=O) groups is 1. The van der Waals surface area contributed by atoms with Gasteiger partial charge in [-0.15, -0.1) is 0 Å². The number of likely N-dealkylation sites (tertiary alicyclic amines) is 2. The summed E-state index contributed by atoms with van der Waals surface area (Å²) in [4.78, 5) is 20.3. The van der Waals surface area contributed by atoms with Crippen LogP contribution in [0.25, 0.3) is 0 Å². The number of piperidine rings is 1. The van der Waals surface area contributed by atoms with Crippen molar-refractivity contribution in [3.05, 3.63) is 69.7 Å². The van der Waals surface area contributed by atoms with Crippen LogP contribution in [0.1, 0.15) is 30.4 Å². The van der Waals surface area contributed by atoms with Crippen LogP contribution in [0.5, 0.6) is 0 Å². The van der Waals surface area contributed by atoms with E-state index in [1.54, 1.807) is 12.1 Å². The fraction of sp³-hybridized carbons (Fsp3) is 0.480. The summed E-state index contributed by atoms with van der Waals surface area (Å²) >= 11 is 12.2. The molecule has 0 radical (unpaired) electrons. The molecule has 2 aliphatic heterocycles. The van der Waals surface area contributed by atoms with Gasteiger partial charge in [-0.2, -0.15) is 0 Å². The first-order valence-corrected chi connectivity index (χ1v) is 12.0. The Bertz CT molecular complexity index is 886. The van der Waals surface area contributed by atoms with Crippen LogP contribution in [0.15, 0.2) is 48.5 Å². The SMILES string of the molecule is CN(C(=O)Cc1ccc(Cl)c(Cl)c1)C1CCN(Cc2ccccc2)CC1N1CCCC1. The molecule has 0 spiro atoms. The predicted molar refractivity (Wildman–Crippen MR) is 128 cm³/mol. The normalized spacial score (nSPS) is 22.5. The number of carbonyl (C=O) groups excluding carboxylic acids is 1. The first-order valence-electron chi connectivity index (χ1n) is 11.2. The Morgan fingerprint density at radius 2 is 1.74 bits per heavy atom. The molecule has 4 rings (SSSR count). The molecule has 0 saturated carbocycles. The molecule has 0 N–H and O–H groups in total. The maximum atomic E-state index is 13.2. The van der Waals surface area contributed by atoms with Crippen molar-refractivity contribution >= 4 is 29.1 Å². The third kappa shape index (κ3) is 5.61. The maximum Gasteiger partial charge on any atom is 0.227 e. The molecule has 2 atom stereocenters. The predicted octanol–water partition coefficient (Wildman–Crippen LogP) is 4.73. The molecule has 2 aromatic carbocycles. The van der Waals surface area contributed by atoms with Crippen molar-refractivity contribution in [2.24, 2.45) is 0 Å². The monoisotopic (exact) mass is 459 g/mol. The number of nitrogens with zero attached hydrogens (tertiary/aromatic N) is 3. The zero-order chi connectivity index (χ0) is 21.8. The van der Waals surface area contributed by atoms with Gasteiger partial charge in [0.1, 0.15) is 0 Å². The van der Waals surface area contributed by atoms with Crippen LogP contribution in [0.4, 0.5) is 0 Å². The number of halogens is 2. The summed E-state index contributed by atoms with van der Waals surface area (Å²) in [6, 6.07) is 16.7. The van der Waals surface area contributed by atoms with E-state index in [-0.39, 0.29) is 11.9 Å². The topological polar surface area (TPSA) is 26.8 Å². The Hall–Kier alpha value is -1.59. The highest BCUT2D eigenvalue weighted by Crippen LogP contribution is 2.27. The van der Waals surface area contributed by atoms with Crippen LogP contribution in [0.2, 0.25) is 10.0 Å². The first kappa shape index (κ1) is 22.6. The van der Waals surface area contributed by atoms with Gasteiger partial charge in [0.05, 0.1) is 16.5 Å². The molecule has 1 amide bonds. The molecule has 2 saturated heterocycles. The number of likely N-dealkylation sites (N-methyl/N-ethyl adjacent to an activating group) is 1. The summed E-state index contributed by atoms with van der Waals surface area (Å²) in [6.07, 6.45) is 3.85. The smallest absolute Gasteiger partial charge is 0.227 e. The largest absolute Gasteiger partial charge is 0.341 e. The summed E-state index contributed by atoms with van der Waals surface area (Å²) in [7, 11) is 1.97. The number of amides is 1. The molecule has 6 heteroatoms. The zero-order valence-electron chi connectivity index (χ0n) is 18.1. The van der Waals surface area contributed by atoms with Crippen molar-refractivity contribution in [2.75, 3.05) is 33.2 Å². The summed E-state index contributed by atoms with van der Waals surface area (Å²) in [6.45, 7) is 5.25. The first-order chi connectivity index (χ1) is 15.0. The molecule has 166 valence electrons. The summed E-state index contributed by atoms with van der Waals surface area (Å²) in [5.74, 6) is 0.143. The molecular weight excluding hydrogens is 429 g/mol. The Balaban J connectivity index is 1.44. The van der Waals surface area contributed by atoms with Gasteiger partial charge in [-0.05, 0) is 55.6 Å². The molecule has 2 heterocycles. The van der Waals surface area contributed by atoms with E-state index in [4.69, 9.17) is 23.2 Å². The van der Waals surface area contributed by atoms with Gasteiger partial charge in [-0.1, -0.05) is 59.6 Å². The second-order valence-electron chi connectivity index (χ2n) is 8.82. The number of hydrogen-bond donors (Lipinski definition) is 0. The maximum absolute atomic E-state index is 13.2. The summed E-state index contributed by atoms with van der Waals surface area (Å²) < 4.78 is 0. The number of benzene rings is 2. The fourth-order valence-corrected chi connectivity index (χ4v) is 5.31. The third-order valence-electron chi connectivity index (χ3n) is 6.72. The van der Waals surface area contributed by atoms with Crippen LogP contribution in [0.3, 0.4) is 0 Å². The Morgan fingerprint density at radius 3 is 2.45 bits per heavy atom. The van der Waals surface area contributed by atoms with Gasteiger partial charge in [-0.3, -0.25) is 14.6 Å². The van der Waals surface area contributed by atoms with E-state index in [2.05, 4.69) is 40.1 Å². The Kier molecular flexibility index (Phi) is 7.55. The quantitative estimate of drug-likeness (QED) is 0.624. The van der Waals surface area contributed by atoms with Crippen LogP contribution < -0.4 is 0 Å². The van der Waals surface area contributed by atoms with Crippen molar-refractivity contribution in [2.45, 2.75) is 44.3 Å². The molecule has 2 aliphatic rings. The molecule has 2 unspecified atom stereocenters. The Morgan fingerprint density at radius 1 is 1.00 bits per heavy atom. The highest BCUT2D eigenvalue weighted by molar-refractivity contribution is 6.42. The van der Waals surface area contributed by atoms with Crippen molar-refractivity contribution in [1.29, 1.82) is 0 Å². The minimum Gasteiger partial charge on any atom is -0.341 e. The lowest BCUT2D eigenvalue weighted by atomic mass is 9.95. The minimum absolute atomic E-state index is 0.143. The highest BCUT2D eigenvalue weighted by Gasteiger charge is 2.38. The highest BCUT2D eigenvalue weighted by atomic mass is 35.5. The van der Waals surface area contributed by atoms with E-state index >= 15 is 0 Å². The van der Waals surface area contributed by atoms with E-state index in [1.165, 1.54) is 18.4 Å². The lowest BCUT2D eigenvalue weighted by Gasteiger charge is -2.46. The van der Waals surface area contributed by atoms with Gasteiger partial charge in [0, 0.05) is 38.8 Å². The molecule has 0 aliphatic carbocycles. The minimum atomic E-state index is 0.143. The standard InChI is InChI=1S/C25H31Cl2N3O/c1-28(25(31)16-20-9-10-21(26)22(27)15-20)23-11-14-29(17-19-7-3-2-4-8-19)18-24(23)30-12-5-6-13-30/h2-4,7-10,15,23-24H,5-6,11-14,16-18H2,1H3. The molecule has 0 bridgehead atoms. The van der Waals surface area contributed by atoms with Crippen LogP contribution in [-0.2, 0) is 17.8 Å². The molecular formula is C25H31Cl2N3O. The number of rotatable bonds is 6. The van der Waals surface area contributed by atoms with Crippen LogP contribution >= 0.6 is 23.2 Å². The Labute approximate surface area is 195 Å². The van der Waals surface area contributed by atoms with E-state index < -0.39 is 0 Å². The molecule has 2 fully saturated rings. The van der Waals surface area contributed by atoms with Crippen LogP contribution in [0, 0.1) is 0 Å². The van der Waals surface area contributed by atoms with Gasteiger partial charge in [-0.25, -0.2) is 0 Å². The van der Waals surface area contributed by atoms with E-state index in [0.29, 0.717) is 22.5 Å². The summed E-state index contributed by atoms with van der Waals surface area (Å²) in [5, 5.41) is 1.02. The van der Waals surface area contributed by atoms with E-state index in [1.807, 2.05) is 18.0 Å². The molecule has 4 nitrogen and oxygen atoms in total. The van der Waals surface area contributed by atoms with Gasteiger partial charge in [0.25, 0.3) is 0 Å². The van der Waals surface area contributed by atoms with Gasteiger partial charge in [0.2, 0.25) is 5.91 Å². The van der Waals surface area contributed by atoms with Crippen molar-refractivity contribution in [3.63, 3.8) is 0 Å². The van der Waals surface area contributed by atoms with Crippen molar-refractivity contribution in [1.82, 2.24) is 14.7 Å². The van der Waals surface area contributed by atoms with Gasteiger partial charge in [0.15, 0.2) is 0 Å². The summed E-state index contributed by atoms with van der Waals surface area (Å²) in [5.41, 5.74) is 2.26. The zero-order valence-corrected chi connectivity index (χ0v) is 19.7. The lowest BCUT2D eigenvalue weighted by molar-refractivity contribution is -0.134. The average Bonchev–Trinajstić information content (AvgIpc) is 3.31. The molecule has 31 heavy (non-hydrogen) atoms. The van der Waals surface area contributed by atoms with Gasteiger partial charge < -0.3 is 4.90 Å². The molecule has 2 aromatic rings. The number of hydrogen-bond acceptors (Lipinski definition) is 3. The average molecular weight is 460 g/mol. The van der Waals surface area contributed by atoms with Gasteiger partial charge >= 0.3 is 0 Å². The third-order valence-corrected chi connectivity index (χ3v) is 7.46. The van der Waals surface area contributed by atoms with Crippen molar-refractivity contribution in [3.8, 4) is 0 Å². The molecule has 0 aromatic heterocycles. The van der Waals surface area contributed by atoms with E-state index in [9.17, 15) is 4.79 Å². The fourth-order valence-electron chi connectivity index (χ4n) is 4.99. The second-order valence-corrected chi connectivity index (χ2v) is 9.63. The lowest BCUT2D eigenvalue weighted by Crippen LogP contribution is -2.60. The van der Waals surface area contributed by atoms with E-state index in [0.717, 1.165) is 44.7 Å². The van der Waals surface area contributed by atoms with Crippen molar-refractivity contribution < 1.29 is 4.79 Å². The van der Waals surface area contributed by atoms with Crippen LogP contribution in [-0.4, -0.2) is 65.9 Å². The second kappa shape index (κ2) is 10.4.